The van der Waals surface area contributed by atoms with Crippen LogP contribution in [0.15, 0.2) is 54.6 Å². The van der Waals surface area contributed by atoms with Crippen LogP contribution in [0.5, 0.6) is 0 Å². The fourth-order valence-electron chi connectivity index (χ4n) is 4.81. The minimum Gasteiger partial charge on any atom is -0.447 e. The smallest absolute Gasteiger partial charge is 0.416 e. The monoisotopic (exact) mass is 436 g/mol. The van der Waals surface area contributed by atoms with Crippen LogP contribution in [0.3, 0.4) is 0 Å². The van der Waals surface area contributed by atoms with Crippen LogP contribution in [-0.2, 0) is 15.7 Å². The van der Waals surface area contributed by atoms with Crippen LogP contribution >= 0.6 is 0 Å². The lowest BCUT2D eigenvalue weighted by atomic mass is 9.52. The van der Waals surface area contributed by atoms with Gasteiger partial charge in [-0.2, -0.15) is 29.0 Å². The topological polar surface area (TPSA) is 114 Å². The van der Waals surface area contributed by atoms with Gasteiger partial charge in [0.25, 0.3) is 0 Å². The summed E-state index contributed by atoms with van der Waals surface area (Å²) in [4.78, 5) is 0. The van der Waals surface area contributed by atoms with Gasteiger partial charge >= 0.3 is 6.18 Å². The number of nitrogens with zero attached hydrogens (tertiary/aromatic N) is 3. The molecule has 2 aromatic rings. The van der Waals surface area contributed by atoms with E-state index in [0.717, 1.165) is 18.2 Å². The van der Waals surface area contributed by atoms with Crippen LogP contribution in [-0.4, -0.2) is 11.7 Å². The maximum Gasteiger partial charge on any atom is 0.416 e. The average molecular weight is 436 g/mol. The van der Waals surface area contributed by atoms with Crippen molar-refractivity contribution in [2.45, 2.75) is 30.9 Å². The van der Waals surface area contributed by atoms with Crippen molar-refractivity contribution in [3.05, 3.63) is 71.3 Å². The number of nitrogens with one attached hydrogen (secondary N) is 1. The van der Waals surface area contributed by atoms with Crippen molar-refractivity contribution >= 4 is 5.90 Å². The van der Waals surface area contributed by atoms with Gasteiger partial charge in [-0.25, -0.2) is 0 Å². The van der Waals surface area contributed by atoms with E-state index in [0.29, 0.717) is 5.56 Å². The number of benzene rings is 2. The first kappa shape index (κ1) is 21.4. The number of nitriles is 3. The highest BCUT2D eigenvalue weighted by molar-refractivity contribution is 5.90. The molecule has 6 nitrogen and oxygen atoms in total. The molecule has 0 aliphatic carbocycles. The van der Waals surface area contributed by atoms with Gasteiger partial charge in [0, 0.05) is 6.92 Å². The van der Waals surface area contributed by atoms with Crippen molar-refractivity contribution in [2.75, 3.05) is 0 Å². The van der Waals surface area contributed by atoms with Gasteiger partial charge in [0.1, 0.15) is 6.10 Å². The summed E-state index contributed by atoms with van der Waals surface area (Å²) in [6, 6.07) is 18.1. The van der Waals surface area contributed by atoms with Crippen molar-refractivity contribution < 1.29 is 22.6 Å². The first-order valence-electron chi connectivity index (χ1n) is 9.51. The standard InChI is InChI=1S/C23H15F3N4O2/c1-20-17(14-6-3-2-4-7-14)22(13-29,19(30)32-20)21(11-27,12-28)18(31-20)15-8-5-9-16(10-15)23(24,25)26/h2-10,17-18,30H,1H3. The van der Waals surface area contributed by atoms with Gasteiger partial charge < -0.3 is 9.47 Å². The molecule has 160 valence electrons. The van der Waals surface area contributed by atoms with E-state index >= 15 is 0 Å². The molecule has 4 rings (SSSR count). The maximum atomic E-state index is 13.3. The SMILES string of the molecule is CC12OC(=N)C(C#N)(C1c1ccccc1)C(C#N)(C#N)C(c1cccc(C(F)(F)F)c1)O2. The second-order valence-electron chi connectivity index (χ2n) is 7.86. The molecule has 2 bridgehead atoms. The molecule has 9 heteroatoms. The third-order valence-electron chi connectivity index (χ3n) is 6.17. The third-order valence-corrected chi connectivity index (χ3v) is 6.17. The Hall–Kier alpha value is -3.87. The van der Waals surface area contributed by atoms with Gasteiger partial charge in [0.15, 0.2) is 5.41 Å². The summed E-state index contributed by atoms with van der Waals surface area (Å²) in [6.45, 7) is 1.46. The highest BCUT2D eigenvalue weighted by atomic mass is 19.4. The van der Waals surface area contributed by atoms with Crippen molar-refractivity contribution in [1.29, 1.82) is 21.2 Å². The van der Waals surface area contributed by atoms with Crippen molar-refractivity contribution in [2.24, 2.45) is 10.8 Å². The van der Waals surface area contributed by atoms with Gasteiger partial charge in [-0.3, -0.25) is 5.41 Å². The van der Waals surface area contributed by atoms with E-state index < -0.39 is 46.3 Å². The van der Waals surface area contributed by atoms with Crippen LogP contribution in [0.2, 0.25) is 0 Å². The normalized spacial score (nSPS) is 30.5. The number of alkyl halides is 3. The van der Waals surface area contributed by atoms with E-state index in [2.05, 4.69) is 0 Å². The summed E-state index contributed by atoms with van der Waals surface area (Å²) in [5.74, 6) is -3.35. The van der Waals surface area contributed by atoms with Crippen LogP contribution in [0.4, 0.5) is 13.2 Å². The molecular weight excluding hydrogens is 421 g/mol. The van der Waals surface area contributed by atoms with Crippen LogP contribution in [0.25, 0.3) is 0 Å². The van der Waals surface area contributed by atoms with Gasteiger partial charge in [0.2, 0.25) is 17.1 Å². The molecule has 4 atom stereocenters. The lowest BCUT2D eigenvalue weighted by molar-refractivity contribution is -0.253. The number of fused-ring (bicyclic) bond motifs is 2. The average Bonchev–Trinajstić information content (AvgIpc) is 2.96. The second kappa shape index (κ2) is 6.82. The molecule has 0 radical (unpaired) electrons. The van der Waals surface area contributed by atoms with Gasteiger partial charge in [-0.15, -0.1) is 0 Å². The van der Waals surface area contributed by atoms with E-state index in [9.17, 15) is 29.0 Å². The fraction of sp³-hybridized carbons (Fsp3) is 0.304. The summed E-state index contributed by atoms with van der Waals surface area (Å²) in [5.41, 5.74) is -5.09. The molecule has 2 fully saturated rings. The van der Waals surface area contributed by atoms with E-state index in [1.165, 1.54) is 13.0 Å². The lowest BCUT2D eigenvalue weighted by Crippen LogP contribution is -2.57. The quantitative estimate of drug-likeness (QED) is 0.724. The molecule has 0 aromatic heterocycles. The first-order valence-corrected chi connectivity index (χ1v) is 9.51. The Morgan fingerprint density at radius 2 is 1.56 bits per heavy atom. The van der Waals surface area contributed by atoms with E-state index in [-0.39, 0.29) is 5.56 Å². The van der Waals surface area contributed by atoms with Crippen LogP contribution in [0, 0.1) is 50.2 Å². The molecule has 0 amide bonds. The molecule has 0 spiro atoms. The zero-order valence-electron chi connectivity index (χ0n) is 16.6. The molecule has 0 saturated carbocycles. The zero-order valence-corrected chi connectivity index (χ0v) is 16.6. The Morgan fingerprint density at radius 1 is 0.938 bits per heavy atom. The van der Waals surface area contributed by atoms with Crippen LogP contribution in [0.1, 0.15) is 35.6 Å². The van der Waals surface area contributed by atoms with E-state index in [1.54, 1.807) is 30.3 Å². The van der Waals surface area contributed by atoms with E-state index in [4.69, 9.17) is 14.9 Å². The molecule has 2 heterocycles. The Balaban J connectivity index is 2.01. The molecule has 2 saturated heterocycles. The molecule has 32 heavy (non-hydrogen) atoms. The van der Waals surface area contributed by atoms with Crippen molar-refractivity contribution in [3.63, 3.8) is 0 Å². The molecule has 2 aliphatic rings. The van der Waals surface area contributed by atoms with Gasteiger partial charge in [0.05, 0.1) is 29.7 Å². The van der Waals surface area contributed by atoms with Gasteiger partial charge in [-0.1, -0.05) is 42.5 Å². The number of hydrogen-bond donors (Lipinski definition) is 1. The molecule has 1 N–H and O–H groups in total. The molecular formula is C23H15F3N4O2. The first-order chi connectivity index (χ1) is 15.1. The predicted octanol–water partition coefficient (Wildman–Crippen LogP) is 4.83. The van der Waals surface area contributed by atoms with Crippen molar-refractivity contribution in [3.8, 4) is 18.2 Å². The Bertz CT molecular complexity index is 1210. The predicted molar refractivity (Wildman–Crippen MR) is 103 cm³/mol. The summed E-state index contributed by atoms with van der Waals surface area (Å²) in [5, 5.41) is 39.2. The molecule has 4 unspecified atom stereocenters. The van der Waals surface area contributed by atoms with Crippen molar-refractivity contribution in [1.82, 2.24) is 0 Å². The largest absolute Gasteiger partial charge is 0.447 e. The lowest BCUT2D eigenvalue weighted by Gasteiger charge is -2.49. The Morgan fingerprint density at radius 3 is 2.12 bits per heavy atom. The highest BCUT2D eigenvalue weighted by Crippen LogP contribution is 2.69. The zero-order chi connectivity index (χ0) is 23.4. The number of hydrogen-bond acceptors (Lipinski definition) is 6. The summed E-state index contributed by atoms with van der Waals surface area (Å²) >= 11 is 0. The molecule has 2 aliphatic heterocycles. The highest BCUT2D eigenvalue weighted by Gasteiger charge is 2.79. The summed E-state index contributed by atoms with van der Waals surface area (Å²) in [6.07, 6.45) is -6.25. The number of ether oxygens (including phenoxy) is 2. The Labute approximate surface area is 181 Å². The third kappa shape index (κ3) is 2.57. The van der Waals surface area contributed by atoms with Crippen LogP contribution < -0.4 is 0 Å². The minimum absolute atomic E-state index is 0.112. The maximum absolute atomic E-state index is 13.3. The molecule has 2 aromatic carbocycles. The minimum atomic E-state index is -4.67. The fourth-order valence-corrected chi connectivity index (χ4v) is 4.81. The van der Waals surface area contributed by atoms with Gasteiger partial charge in [-0.05, 0) is 23.3 Å². The second-order valence-corrected chi connectivity index (χ2v) is 7.86. The number of halogens is 3. The number of rotatable bonds is 2. The summed E-state index contributed by atoms with van der Waals surface area (Å²) in [7, 11) is 0. The van der Waals surface area contributed by atoms with E-state index in [1.807, 2.05) is 18.2 Å². The summed E-state index contributed by atoms with van der Waals surface area (Å²) < 4.78 is 51.7. The Kier molecular flexibility index (Phi) is 4.55.